The summed E-state index contributed by atoms with van der Waals surface area (Å²) < 4.78 is 1.86. The maximum Gasteiger partial charge on any atom is 0.239 e. The number of para-hydroxylation sites is 1. The van der Waals surface area contributed by atoms with Crippen LogP contribution in [0.1, 0.15) is 30.7 Å². The lowest BCUT2D eigenvalue weighted by atomic mass is 10.2. The number of hydrogen-bond acceptors (Lipinski definition) is 5. The van der Waals surface area contributed by atoms with Crippen LogP contribution in [0.25, 0.3) is 5.69 Å². The van der Waals surface area contributed by atoms with Crippen LogP contribution in [0.2, 0.25) is 0 Å². The van der Waals surface area contributed by atoms with Crippen molar-refractivity contribution in [1.82, 2.24) is 9.47 Å². The number of nitrogens with zero attached hydrogens (tertiary/aromatic N) is 3. The minimum Gasteiger partial charge on any atom is -0.326 e. The Kier molecular flexibility index (Phi) is 8.60. The van der Waals surface area contributed by atoms with E-state index < -0.39 is 0 Å². The Labute approximate surface area is 210 Å². The normalized spacial score (nSPS) is 10.6. The lowest BCUT2D eigenvalue weighted by Gasteiger charge is -2.20. The molecule has 0 fully saturated rings. The van der Waals surface area contributed by atoms with Gasteiger partial charge in [-0.3, -0.25) is 23.9 Å². The molecule has 186 valence electrons. The van der Waals surface area contributed by atoms with Gasteiger partial charge in [-0.05, 0) is 62.4 Å². The van der Waals surface area contributed by atoms with Gasteiger partial charge in [-0.25, -0.2) is 0 Å². The maximum atomic E-state index is 13.0. The molecule has 3 N–H and O–H groups in total. The van der Waals surface area contributed by atoms with Gasteiger partial charge in [-0.15, -0.1) is 0 Å². The lowest BCUT2D eigenvalue weighted by molar-refractivity contribution is -0.120. The topological polar surface area (TPSA) is 119 Å². The Morgan fingerprint density at radius 1 is 0.889 bits per heavy atom. The molecule has 0 aliphatic carbocycles. The summed E-state index contributed by atoms with van der Waals surface area (Å²) in [6.45, 7) is 7.52. The number of carbonyl (C=O) groups is 3. The van der Waals surface area contributed by atoms with Gasteiger partial charge >= 0.3 is 0 Å². The van der Waals surface area contributed by atoms with Crippen molar-refractivity contribution >= 4 is 34.9 Å². The predicted octanol–water partition coefficient (Wildman–Crippen LogP) is 3.82. The van der Waals surface area contributed by atoms with E-state index in [0.29, 0.717) is 29.3 Å². The van der Waals surface area contributed by atoms with Crippen LogP contribution in [0, 0.1) is 25.2 Å². The molecule has 36 heavy (non-hydrogen) atoms. The fourth-order valence-corrected chi connectivity index (χ4v) is 3.86. The van der Waals surface area contributed by atoms with Crippen LogP contribution in [0.3, 0.4) is 0 Å². The number of nitriles is 1. The SMILES string of the molecule is CCN(CC(=O)Nc1ccc(NC(C)=O)cc1)CC(=O)Nc1c(C#N)c(C)c(C)n1-c1ccccc1. The third kappa shape index (κ3) is 6.37. The van der Waals surface area contributed by atoms with E-state index in [2.05, 4.69) is 22.0 Å². The summed E-state index contributed by atoms with van der Waals surface area (Å²) in [6, 6.07) is 18.5. The summed E-state index contributed by atoms with van der Waals surface area (Å²) in [5.74, 6) is -0.347. The number of aromatic nitrogens is 1. The fraction of sp³-hybridized carbons (Fsp3) is 0.259. The second-order valence-corrected chi connectivity index (χ2v) is 8.37. The van der Waals surface area contributed by atoms with E-state index in [1.807, 2.05) is 55.7 Å². The highest BCUT2D eigenvalue weighted by Crippen LogP contribution is 2.29. The van der Waals surface area contributed by atoms with Crippen LogP contribution < -0.4 is 16.0 Å². The zero-order chi connectivity index (χ0) is 26.2. The molecule has 1 aromatic heterocycles. The molecular weight excluding hydrogens is 456 g/mol. The summed E-state index contributed by atoms with van der Waals surface area (Å²) in [5, 5.41) is 18.1. The van der Waals surface area contributed by atoms with Crippen LogP contribution in [-0.4, -0.2) is 46.8 Å². The molecule has 0 atom stereocenters. The first kappa shape index (κ1) is 26.2. The molecule has 3 aromatic rings. The number of benzene rings is 2. The molecule has 3 rings (SSSR count). The Hall–Kier alpha value is -4.42. The van der Waals surface area contributed by atoms with Crippen LogP contribution in [0.4, 0.5) is 17.2 Å². The molecule has 1 heterocycles. The van der Waals surface area contributed by atoms with E-state index >= 15 is 0 Å². The summed E-state index contributed by atoms with van der Waals surface area (Å²) in [5.41, 5.74) is 4.13. The van der Waals surface area contributed by atoms with Gasteiger partial charge in [0, 0.05) is 29.7 Å². The molecule has 0 saturated carbocycles. The number of amides is 3. The molecule has 0 spiro atoms. The van der Waals surface area contributed by atoms with Crippen LogP contribution >= 0.6 is 0 Å². The third-order valence-electron chi connectivity index (χ3n) is 5.77. The number of carbonyl (C=O) groups excluding carboxylic acids is 3. The average Bonchev–Trinajstić information content (AvgIpc) is 3.08. The van der Waals surface area contributed by atoms with Gasteiger partial charge < -0.3 is 16.0 Å². The van der Waals surface area contributed by atoms with Gasteiger partial charge in [0.2, 0.25) is 17.7 Å². The van der Waals surface area contributed by atoms with Crippen molar-refractivity contribution in [3.8, 4) is 11.8 Å². The van der Waals surface area contributed by atoms with Gasteiger partial charge in [-0.1, -0.05) is 25.1 Å². The first-order valence-electron chi connectivity index (χ1n) is 11.6. The minimum atomic E-state index is -0.324. The zero-order valence-corrected chi connectivity index (χ0v) is 20.9. The summed E-state index contributed by atoms with van der Waals surface area (Å²) in [7, 11) is 0. The Morgan fingerprint density at radius 2 is 1.44 bits per heavy atom. The molecule has 0 aliphatic rings. The van der Waals surface area contributed by atoms with Crippen molar-refractivity contribution in [2.75, 3.05) is 35.6 Å². The van der Waals surface area contributed by atoms with Gasteiger partial charge in [0.1, 0.15) is 11.9 Å². The highest BCUT2D eigenvalue weighted by Gasteiger charge is 2.22. The first-order chi connectivity index (χ1) is 17.2. The molecule has 0 saturated heterocycles. The molecule has 9 heteroatoms. The molecule has 3 amide bonds. The highest BCUT2D eigenvalue weighted by molar-refractivity contribution is 5.96. The van der Waals surface area contributed by atoms with Crippen molar-refractivity contribution in [2.45, 2.75) is 27.7 Å². The van der Waals surface area contributed by atoms with E-state index in [9.17, 15) is 19.6 Å². The summed E-state index contributed by atoms with van der Waals surface area (Å²) in [4.78, 5) is 38.4. The van der Waals surface area contributed by atoms with Crippen LogP contribution in [0.15, 0.2) is 54.6 Å². The van der Waals surface area contributed by atoms with E-state index in [1.165, 1.54) is 6.92 Å². The maximum absolute atomic E-state index is 13.0. The number of rotatable bonds is 9. The van der Waals surface area contributed by atoms with Crippen LogP contribution in [-0.2, 0) is 14.4 Å². The number of anilines is 3. The van der Waals surface area contributed by atoms with Crippen molar-refractivity contribution in [2.24, 2.45) is 0 Å². The van der Waals surface area contributed by atoms with E-state index in [1.54, 1.807) is 29.2 Å². The highest BCUT2D eigenvalue weighted by atomic mass is 16.2. The third-order valence-corrected chi connectivity index (χ3v) is 5.77. The zero-order valence-electron chi connectivity index (χ0n) is 20.9. The Morgan fingerprint density at radius 3 is 1.97 bits per heavy atom. The number of likely N-dealkylation sites (N-methyl/N-ethyl adjacent to an activating group) is 1. The smallest absolute Gasteiger partial charge is 0.239 e. The molecule has 0 aliphatic heterocycles. The molecule has 0 unspecified atom stereocenters. The monoisotopic (exact) mass is 486 g/mol. The number of hydrogen-bond donors (Lipinski definition) is 3. The summed E-state index contributed by atoms with van der Waals surface area (Å²) in [6.07, 6.45) is 0. The van der Waals surface area contributed by atoms with Gasteiger partial charge in [-0.2, -0.15) is 5.26 Å². The average molecular weight is 487 g/mol. The van der Waals surface area contributed by atoms with Crippen molar-refractivity contribution in [1.29, 1.82) is 5.26 Å². The lowest BCUT2D eigenvalue weighted by Crippen LogP contribution is -2.39. The van der Waals surface area contributed by atoms with Crippen molar-refractivity contribution < 1.29 is 14.4 Å². The number of nitrogens with one attached hydrogen (secondary N) is 3. The predicted molar refractivity (Wildman–Crippen MR) is 140 cm³/mol. The van der Waals surface area contributed by atoms with Gasteiger partial charge in [0.25, 0.3) is 0 Å². The van der Waals surface area contributed by atoms with Gasteiger partial charge in [0.05, 0.1) is 18.7 Å². The minimum absolute atomic E-state index is 0.0141. The van der Waals surface area contributed by atoms with E-state index in [-0.39, 0.29) is 30.8 Å². The van der Waals surface area contributed by atoms with Crippen molar-refractivity contribution in [3.63, 3.8) is 0 Å². The standard InChI is InChI=1S/C27H30N6O3/c1-5-32(16-25(35)30-22-13-11-21(12-14-22)29-20(4)34)17-26(36)31-27-24(15-28)18(2)19(3)33(27)23-9-7-6-8-10-23/h6-14H,5,16-17H2,1-4H3,(H,29,34)(H,30,35)(H,31,36). The first-order valence-corrected chi connectivity index (χ1v) is 11.6. The molecule has 0 radical (unpaired) electrons. The molecule has 2 aromatic carbocycles. The summed E-state index contributed by atoms with van der Waals surface area (Å²) >= 11 is 0. The molecule has 9 nitrogen and oxygen atoms in total. The van der Waals surface area contributed by atoms with E-state index in [4.69, 9.17) is 0 Å². The second kappa shape index (κ2) is 11.8. The van der Waals surface area contributed by atoms with Crippen molar-refractivity contribution in [3.05, 3.63) is 71.4 Å². The van der Waals surface area contributed by atoms with Gasteiger partial charge in [0.15, 0.2) is 0 Å². The molecular formula is C27H30N6O3. The fourth-order valence-electron chi connectivity index (χ4n) is 3.86. The quantitative estimate of drug-likeness (QED) is 0.425. The molecule has 0 bridgehead atoms. The largest absolute Gasteiger partial charge is 0.326 e. The van der Waals surface area contributed by atoms with E-state index in [0.717, 1.165) is 16.9 Å². The Balaban J connectivity index is 1.67. The Bertz CT molecular complexity index is 1290. The second-order valence-electron chi connectivity index (χ2n) is 8.37. The van der Waals surface area contributed by atoms with Crippen LogP contribution in [0.5, 0.6) is 0 Å².